The summed E-state index contributed by atoms with van der Waals surface area (Å²) < 4.78 is 5.17. The number of hydrogen-bond donors (Lipinski definition) is 0. The fourth-order valence-corrected chi connectivity index (χ4v) is 4.01. The Bertz CT molecular complexity index is 858. The summed E-state index contributed by atoms with van der Waals surface area (Å²) in [5.74, 6) is 2.59. The Morgan fingerprint density at radius 1 is 1.25 bits per heavy atom. The average Bonchev–Trinajstić information content (AvgIpc) is 3.09. The third-order valence-corrected chi connectivity index (χ3v) is 5.65. The van der Waals surface area contributed by atoms with Gasteiger partial charge in [-0.1, -0.05) is 17.7 Å². The molecule has 0 unspecified atom stereocenters. The van der Waals surface area contributed by atoms with E-state index in [1.54, 1.807) is 19.2 Å². The van der Waals surface area contributed by atoms with Crippen molar-refractivity contribution in [1.29, 1.82) is 0 Å². The van der Waals surface area contributed by atoms with Crippen LogP contribution in [0.4, 0.5) is 0 Å². The second kappa shape index (κ2) is 7.83. The van der Waals surface area contributed by atoms with Gasteiger partial charge in [0, 0.05) is 38.6 Å². The van der Waals surface area contributed by atoms with Crippen LogP contribution in [0.3, 0.4) is 0 Å². The first-order valence-electron chi connectivity index (χ1n) is 9.49. The van der Waals surface area contributed by atoms with Crippen LogP contribution in [-0.2, 0) is 11.2 Å². The van der Waals surface area contributed by atoms with E-state index in [0.717, 1.165) is 36.9 Å². The van der Waals surface area contributed by atoms with Crippen molar-refractivity contribution in [1.82, 2.24) is 14.7 Å². The second-order valence-electron chi connectivity index (χ2n) is 7.18. The van der Waals surface area contributed by atoms with Crippen LogP contribution in [0, 0.1) is 0 Å². The van der Waals surface area contributed by atoms with Crippen molar-refractivity contribution in [3.05, 3.63) is 41.2 Å². The first-order chi connectivity index (χ1) is 13.6. The number of ether oxygens (including phenoxy) is 1. The minimum absolute atomic E-state index is 0.111. The number of rotatable bonds is 3. The largest absolute Gasteiger partial charge is 0.495 e. The number of carbonyl (C=O) groups is 1. The van der Waals surface area contributed by atoms with Crippen molar-refractivity contribution in [3.63, 3.8) is 0 Å². The first-order valence-corrected chi connectivity index (χ1v) is 9.87. The predicted octanol–water partition coefficient (Wildman–Crippen LogP) is 2.02. The fraction of sp³-hybridized carbons (Fsp3) is 0.450. The van der Waals surface area contributed by atoms with Crippen LogP contribution in [-0.4, -0.2) is 78.2 Å². The van der Waals surface area contributed by atoms with Gasteiger partial charge in [-0.3, -0.25) is 9.79 Å². The monoisotopic (exact) mass is 401 g/mol. The molecule has 8 heteroatoms. The van der Waals surface area contributed by atoms with E-state index in [4.69, 9.17) is 16.3 Å². The molecule has 1 saturated heterocycles. The number of nitrogens with zero attached hydrogens (tertiary/aromatic N) is 5. The zero-order valence-electron chi connectivity index (χ0n) is 16.1. The van der Waals surface area contributed by atoms with Gasteiger partial charge in [0.05, 0.1) is 31.1 Å². The number of fused-ring (bicyclic) bond motifs is 1. The molecule has 1 atom stereocenters. The summed E-state index contributed by atoms with van der Waals surface area (Å²) in [6, 6.07) is 5.85. The average molecular weight is 402 g/mol. The SMILES string of the molecule is COc1ccc(CC(=O)N2CCN(C3=NC=CN4C3=NC[C@@H]4C)CC2)cc1Cl. The highest BCUT2D eigenvalue weighted by atomic mass is 35.5. The number of aliphatic imine (C=N–C) groups is 2. The molecule has 28 heavy (non-hydrogen) atoms. The second-order valence-corrected chi connectivity index (χ2v) is 7.59. The molecule has 1 aromatic rings. The van der Waals surface area contributed by atoms with E-state index in [2.05, 4.69) is 26.7 Å². The highest BCUT2D eigenvalue weighted by Crippen LogP contribution is 2.25. The first kappa shape index (κ1) is 18.8. The lowest BCUT2D eigenvalue weighted by atomic mass is 10.1. The van der Waals surface area contributed by atoms with Gasteiger partial charge in [-0.05, 0) is 24.6 Å². The lowest BCUT2D eigenvalue weighted by molar-refractivity contribution is -0.131. The summed E-state index contributed by atoms with van der Waals surface area (Å²) >= 11 is 6.17. The molecule has 0 bridgehead atoms. The number of carbonyl (C=O) groups excluding carboxylic acids is 1. The van der Waals surface area contributed by atoms with Gasteiger partial charge in [-0.2, -0.15) is 0 Å². The van der Waals surface area contributed by atoms with Gasteiger partial charge in [-0.25, -0.2) is 4.99 Å². The van der Waals surface area contributed by atoms with Crippen LogP contribution in [0.15, 0.2) is 40.6 Å². The van der Waals surface area contributed by atoms with Crippen molar-refractivity contribution in [3.8, 4) is 5.75 Å². The van der Waals surface area contributed by atoms with E-state index in [-0.39, 0.29) is 5.91 Å². The van der Waals surface area contributed by atoms with Gasteiger partial charge in [-0.15, -0.1) is 0 Å². The molecule has 7 nitrogen and oxygen atoms in total. The Labute approximate surface area is 169 Å². The highest BCUT2D eigenvalue weighted by molar-refractivity contribution is 6.41. The summed E-state index contributed by atoms with van der Waals surface area (Å²) in [6.07, 6.45) is 4.16. The summed E-state index contributed by atoms with van der Waals surface area (Å²) in [5, 5.41) is 0.525. The van der Waals surface area contributed by atoms with Gasteiger partial charge < -0.3 is 19.4 Å². The summed E-state index contributed by atoms with van der Waals surface area (Å²) in [6.45, 7) is 5.81. The number of amidine groups is 2. The highest BCUT2D eigenvalue weighted by Gasteiger charge is 2.32. The molecule has 1 aromatic carbocycles. The lowest BCUT2D eigenvalue weighted by Crippen LogP contribution is -2.54. The Kier molecular flexibility index (Phi) is 5.26. The minimum Gasteiger partial charge on any atom is -0.495 e. The molecule has 3 aliphatic rings. The third-order valence-electron chi connectivity index (χ3n) is 5.35. The third kappa shape index (κ3) is 3.58. The predicted molar refractivity (Wildman–Crippen MR) is 110 cm³/mol. The molecule has 0 N–H and O–H groups in total. The normalized spacial score (nSPS) is 21.4. The molecule has 0 spiro atoms. The molecular formula is C20H24ClN5O2. The van der Waals surface area contributed by atoms with Crippen molar-refractivity contribution in [2.45, 2.75) is 19.4 Å². The maximum Gasteiger partial charge on any atom is 0.227 e. The van der Waals surface area contributed by atoms with Crippen LogP contribution in [0.5, 0.6) is 5.75 Å². The molecule has 1 amide bonds. The van der Waals surface area contributed by atoms with Crippen LogP contribution >= 0.6 is 11.6 Å². The van der Waals surface area contributed by atoms with Crippen molar-refractivity contribution in [2.24, 2.45) is 9.98 Å². The van der Waals surface area contributed by atoms with Gasteiger partial charge in [0.1, 0.15) is 5.75 Å². The van der Waals surface area contributed by atoms with Crippen LogP contribution in [0.25, 0.3) is 0 Å². The van der Waals surface area contributed by atoms with E-state index in [1.807, 2.05) is 23.4 Å². The van der Waals surface area contributed by atoms with Crippen LogP contribution < -0.4 is 4.74 Å². The Morgan fingerprint density at radius 3 is 2.75 bits per heavy atom. The quantitative estimate of drug-likeness (QED) is 0.777. The van der Waals surface area contributed by atoms with E-state index < -0.39 is 0 Å². The van der Waals surface area contributed by atoms with Crippen LogP contribution in [0.2, 0.25) is 5.02 Å². The number of amides is 1. The summed E-state index contributed by atoms with van der Waals surface area (Å²) in [5.41, 5.74) is 0.893. The molecule has 0 aliphatic carbocycles. The molecule has 148 valence electrons. The lowest BCUT2D eigenvalue weighted by Gasteiger charge is -2.38. The summed E-state index contributed by atoms with van der Waals surface area (Å²) in [4.78, 5) is 28.2. The molecule has 0 aromatic heterocycles. The van der Waals surface area contributed by atoms with Gasteiger partial charge >= 0.3 is 0 Å². The van der Waals surface area contributed by atoms with Gasteiger partial charge in [0.25, 0.3) is 0 Å². The molecule has 1 fully saturated rings. The number of halogens is 1. The molecule has 4 rings (SSSR count). The van der Waals surface area contributed by atoms with E-state index in [0.29, 0.717) is 36.3 Å². The standard InChI is InChI=1S/C20H24ClN5O2/c1-14-13-23-20-19(22-5-6-26(14)20)25-9-7-24(8-10-25)18(27)12-15-3-4-17(28-2)16(21)11-15/h3-6,11,14H,7-10,12-13H2,1-2H3/t14-/m0/s1. The topological polar surface area (TPSA) is 60.7 Å². The smallest absolute Gasteiger partial charge is 0.227 e. The Morgan fingerprint density at radius 2 is 2.04 bits per heavy atom. The summed E-state index contributed by atoms with van der Waals surface area (Å²) in [7, 11) is 1.58. The number of benzene rings is 1. The minimum atomic E-state index is 0.111. The maximum absolute atomic E-state index is 12.7. The maximum atomic E-state index is 12.7. The van der Waals surface area contributed by atoms with E-state index >= 15 is 0 Å². The molecular weight excluding hydrogens is 378 g/mol. The van der Waals surface area contributed by atoms with E-state index in [1.165, 1.54) is 0 Å². The van der Waals surface area contributed by atoms with Crippen molar-refractivity contribution < 1.29 is 9.53 Å². The van der Waals surface area contributed by atoms with Crippen LogP contribution in [0.1, 0.15) is 12.5 Å². The zero-order valence-corrected chi connectivity index (χ0v) is 16.9. The van der Waals surface area contributed by atoms with Gasteiger partial charge in [0.15, 0.2) is 11.7 Å². The molecule has 0 radical (unpaired) electrons. The van der Waals surface area contributed by atoms with E-state index in [9.17, 15) is 4.79 Å². The Hall–Kier alpha value is -2.54. The number of piperazine rings is 1. The zero-order chi connectivity index (χ0) is 19.7. The molecule has 0 saturated carbocycles. The van der Waals surface area contributed by atoms with Crippen molar-refractivity contribution in [2.75, 3.05) is 39.8 Å². The molecule has 3 aliphatic heterocycles. The van der Waals surface area contributed by atoms with Crippen molar-refractivity contribution >= 4 is 29.2 Å². The van der Waals surface area contributed by atoms with Gasteiger partial charge in [0.2, 0.25) is 5.91 Å². The number of hydrogen-bond acceptors (Lipinski definition) is 6. The molecule has 3 heterocycles. The fourth-order valence-electron chi connectivity index (χ4n) is 3.73. The number of methoxy groups -OCH3 is 1. The Balaban J connectivity index is 1.35.